The maximum absolute atomic E-state index is 13.8. The standard InChI is InChI=1S/C17H23FN2O4S/c1-12-3-4-15(7-16(12)18)25(23,24)20-9-14-8-19(13(2)22)6-5-17(14,10-20)11-21/h3-4,7,14,21H,5-6,8-11H2,1-2H3/t14-,17+/m1/s1. The highest BCUT2D eigenvalue weighted by Crippen LogP contribution is 2.44. The van der Waals surface area contributed by atoms with E-state index in [1.807, 2.05) is 0 Å². The van der Waals surface area contributed by atoms with E-state index in [1.54, 1.807) is 11.8 Å². The summed E-state index contributed by atoms with van der Waals surface area (Å²) < 4.78 is 41.0. The summed E-state index contributed by atoms with van der Waals surface area (Å²) in [5.74, 6) is -0.731. The molecular weight excluding hydrogens is 347 g/mol. The molecule has 1 N–H and O–H groups in total. The van der Waals surface area contributed by atoms with Crippen LogP contribution in [0, 0.1) is 24.1 Å². The highest BCUT2D eigenvalue weighted by atomic mass is 32.2. The van der Waals surface area contributed by atoms with Crippen molar-refractivity contribution in [2.75, 3.05) is 32.8 Å². The van der Waals surface area contributed by atoms with Crippen LogP contribution in [0.15, 0.2) is 23.1 Å². The molecule has 138 valence electrons. The third kappa shape index (κ3) is 3.07. The number of hydrogen-bond donors (Lipinski definition) is 1. The molecule has 2 heterocycles. The number of aryl methyl sites for hydroxylation is 1. The number of fused-ring (bicyclic) bond motifs is 1. The minimum Gasteiger partial charge on any atom is -0.396 e. The van der Waals surface area contributed by atoms with Crippen molar-refractivity contribution in [3.8, 4) is 0 Å². The van der Waals surface area contributed by atoms with Gasteiger partial charge in [-0.15, -0.1) is 0 Å². The molecule has 2 saturated heterocycles. The van der Waals surface area contributed by atoms with E-state index in [-0.39, 0.29) is 36.4 Å². The van der Waals surface area contributed by atoms with Crippen LogP contribution in [0.25, 0.3) is 0 Å². The van der Waals surface area contributed by atoms with E-state index >= 15 is 0 Å². The third-order valence-corrected chi connectivity index (χ3v) is 7.45. The van der Waals surface area contributed by atoms with Crippen molar-refractivity contribution in [1.82, 2.24) is 9.21 Å². The fourth-order valence-electron chi connectivity index (χ4n) is 3.84. The molecule has 0 spiro atoms. The van der Waals surface area contributed by atoms with Gasteiger partial charge in [-0.05, 0) is 37.0 Å². The smallest absolute Gasteiger partial charge is 0.243 e. The van der Waals surface area contributed by atoms with Gasteiger partial charge in [-0.3, -0.25) is 4.79 Å². The maximum atomic E-state index is 13.8. The molecule has 1 amide bonds. The van der Waals surface area contributed by atoms with E-state index < -0.39 is 21.3 Å². The minimum atomic E-state index is -3.84. The maximum Gasteiger partial charge on any atom is 0.243 e. The highest BCUT2D eigenvalue weighted by Gasteiger charge is 2.52. The lowest BCUT2D eigenvalue weighted by molar-refractivity contribution is -0.133. The van der Waals surface area contributed by atoms with Gasteiger partial charge in [-0.2, -0.15) is 4.31 Å². The van der Waals surface area contributed by atoms with Crippen LogP contribution in [0.5, 0.6) is 0 Å². The Morgan fingerprint density at radius 2 is 2.12 bits per heavy atom. The molecule has 0 aromatic heterocycles. The first kappa shape index (κ1) is 18.3. The van der Waals surface area contributed by atoms with Gasteiger partial charge in [0.2, 0.25) is 15.9 Å². The Labute approximate surface area is 147 Å². The quantitative estimate of drug-likeness (QED) is 0.861. The average Bonchev–Trinajstić information content (AvgIpc) is 2.97. The Morgan fingerprint density at radius 1 is 1.40 bits per heavy atom. The van der Waals surface area contributed by atoms with Gasteiger partial charge in [0.15, 0.2) is 0 Å². The Bertz CT molecular complexity index is 798. The predicted molar refractivity (Wildman–Crippen MR) is 89.8 cm³/mol. The summed E-state index contributed by atoms with van der Waals surface area (Å²) in [5.41, 5.74) is -0.152. The Morgan fingerprint density at radius 3 is 2.72 bits per heavy atom. The summed E-state index contributed by atoms with van der Waals surface area (Å²) in [6.45, 7) is 4.30. The number of aliphatic hydroxyl groups excluding tert-OH is 1. The van der Waals surface area contributed by atoms with Crippen molar-refractivity contribution in [2.24, 2.45) is 11.3 Å². The molecule has 1 aromatic carbocycles. The number of rotatable bonds is 3. The molecule has 0 bridgehead atoms. The summed E-state index contributed by atoms with van der Waals surface area (Å²) in [6.07, 6.45) is 0.558. The largest absolute Gasteiger partial charge is 0.396 e. The molecule has 2 aliphatic rings. The van der Waals surface area contributed by atoms with Crippen molar-refractivity contribution in [3.63, 3.8) is 0 Å². The van der Waals surface area contributed by atoms with Crippen molar-refractivity contribution in [2.45, 2.75) is 25.2 Å². The first-order chi connectivity index (χ1) is 11.7. The molecule has 6 nitrogen and oxygen atoms in total. The van der Waals surface area contributed by atoms with Crippen molar-refractivity contribution in [3.05, 3.63) is 29.6 Å². The van der Waals surface area contributed by atoms with Crippen LogP contribution in [0.2, 0.25) is 0 Å². The molecule has 8 heteroatoms. The number of carbonyl (C=O) groups excluding carboxylic acids is 1. The highest BCUT2D eigenvalue weighted by molar-refractivity contribution is 7.89. The topological polar surface area (TPSA) is 77.9 Å². The molecule has 3 rings (SSSR count). The number of carbonyl (C=O) groups is 1. The normalized spacial score (nSPS) is 27.4. The second kappa shape index (κ2) is 6.34. The number of sulfonamides is 1. The number of benzene rings is 1. The zero-order chi connectivity index (χ0) is 18.4. The molecule has 2 atom stereocenters. The number of piperidine rings is 1. The second-order valence-corrected chi connectivity index (χ2v) is 9.08. The summed E-state index contributed by atoms with van der Waals surface area (Å²) in [5, 5.41) is 9.93. The van der Waals surface area contributed by atoms with Gasteiger partial charge >= 0.3 is 0 Å². The molecule has 0 aliphatic carbocycles. The minimum absolute atomic E-state index is 0.0477. The van der Waals surface area contributed by atoms with Crippen LogP contribution in [0.3, 0.4) is 0 Å². The van der Waals surface area contributed by atoms with E-state index in [1.165, 1.54) is 23.4 Å². The van der Waals surface area contributed by atoms with Gasteiger partial charge in [0.05, 0.1) is 11.5 Å². The molecule has 2 aliphatic heterocycles. The molecular formula is C17H23FN2O4S. The lowest BCUT2D eigenvalue weighted by Gasteiger charge is -2.42. The van der Waals surface area contributed by atoms with Gasteiger partial charge in [-0.1, -0.05) is 6.07 Å². The van der Waals surface area contributed by atoms with Crippen molar-refractivity contribution >= 4 is 15.9 Å². The SMILES string of the molecule is CC(=O)N1CC[C@@]2(CO)CN(S(=O)(=O)c3ccc(C)c(F)c3)C[C@H]2C1. The number of halogens is 1. The van der Waals surface area contributed by atoms with Crippen LogP contribution in [-0.2, 0) is 14.8 Å². The predicted octanol–water partition coefficient (Wildman–Crippen LogP) is 0.986. The third-order valence-electron chi connectivity index (χ3n) is 5.64. The number of likely N-dealkylation sites (tertiary alicyclic amines) is 1. The fraction of sp³-hybridized carbons (Fsp3) is 0.588. The first-order valence-electron chi connectivity index (χ1n) is 8.32. The Hall–Kier alpha value is -1.51. The number of hydrogen-bond acceptors (Lipinski definition) is 4. The summed E-state index contributed by atoms with van der Waals surface area (Å²) in [7, 11) is -3.84. The van der Waals surface area contributed by atoms with Crippen LogP contribution < -0.4 is 0 Å². The van der Waals surface area contributed by atoms with Gasteiger partial charge in [-0.25, -0.2) is 12.8 Å². The van der Waals surface area contributed by atoms with E-state index in [4.69, 9.17) is 0 Å². The van der Waals surface area contributed by atoms with Crippen molar-refractivity contribution in [1.29, 1.82) is 0 Å². The molecule has 0 unspecified atom stereocenters. The molecule has 0 radical (unpaired) electrons. The van der Waals surface area contributed by atoms with Crippen molar-refractivity contribution < 1.29 is 22.7 Å². The second-order valence-electron chi connectivity index (χ2n) is 7.14. The van der Waals surface area contributed by atoms with Gasteiger partial charge in [0.1, 0.15) is 5.82 Å². The summed E-state index contributed by atoms with van der Waals surface area (Å²) in [4.78, 5) is 13.3. The lowest BCUT2D eigenvalue weighted by Crippen LogP contribution is -2.50. The van der Waals surface area contributed by atoms with E-state index in [0.717, 1.165) is 6.07 Å². The Kier molecular flexibility index (Phi) is 4.63. The summed E-state index contributed by atoms with van der Waals surface area (Å²) in [6, 6.07) is 3.90. The Balaban J connectivity index is 1.89. The fourth-order valence-corrected chi connectivity index (χ4v) is 5.44. The van der Waals surface area contributed by atoms with Crippen LogP contribution in [0.1, 0.15) is 18.9 Å². The number of aliphatic hydroxyl groups is 1. The zero-order valence-electron chi connectivity index (χ0n) is 14.4. The van der Waals surface area contributed by atoms with Gasteiger partial charge in [0, 0.05) is 38.5 Å². The number of amides is 1. The lowest BCUT2D eigenvalue weighted by atomic mass is 9.73. The average molecular weight is 370 g/mol. The number of nitrogens with zero attached hydrogens (tertiary/aromatic N) is 2. The first-order valence-corrected chi connectivity index (χ1v) is 9.76. The zero-order valence-corrected chi connectivity index (χ0v) is 15.2. The van der Waals surface area contributed by atoms with E-state index in [2.05, 4.69) is 0 Å². The summed E-state index contributed by atoms with van der Waals surface area (Å²) >= 11 is 0. The molecule has 25 heavy (non-hydrogen) atoms. The molecule has 2 fully saturated rings. The molecule has 0 saturated carbocycles. The van der Waals surface area contributed by atoms with Crippen LogP contribution >= 0.6 is 0 Å². The van der Waals surface area contributed by atoms with Crippen LogP contribution in [0.4, 0.5) is 4.39 Å². The van der Waals surface area contributed by atoms with E-state index in [0.29, 0.717) is 25.1 Å². The monoisotopic (exact) mass is 370 g/mol. The van der Waals surface area contributed by atoms with Crippen LogP contribution in [-0.4, -0.2) is 61.4 Å². The van der Waals surface area contributed by atoms with E-state index in [9.17, 15) is 22.7 Å². The van der Waals surface area contributed by atoms with Gasteiger partial charge in [0.25, 0.3) is 0 Å². The van der Waals surface area contributed by atoms with Gasteiger partial charge < -0.3 is 10.0 Å². The molecule has 1 aromatic rings.